The van der Waals surface area contributed by atoms with Crippen molar-refractivity contribution < 1.29 is 4.79 Å². The molecule has 0 radical (unpaired) electrons. The molecule has 3 rings (SSSR count). The van der Waals surface area contributed by atoms with Gasteiger partial charge in [-0.1, -0.05) is 30.3 Å². The minimum Gasteiger partial charge on any atom is -0.333 e. The zero-order valence-corrected chi connectivity index (χ0v) is 15.7. The van der Waals surface area contributed by atoms with E-state index in [2.05, 4.69) is 5.10 Å². The van der Waals surface area contributed by atoms with Gasteiger partial charge < -0.3 is 10.6 Å². The summed E-state index contributed by atoms with van der Waals surface area (Å²) < 4.78 is 1.34. The third kappa shape index (κ3) is 4.51. The van der Waals surface area contributed by atoms with Crippen molar-refractivity contribution in [2.45, 2.75) is 44.8 Å². The van der Waals surface area contributed by atoms with Crippen LogP contribution >= 0.6 is 12.4 Å². The number of rotatable bonds is 4. The van der Waals surface area contributed by atoms with Crippen LogP contribution in [0, 0.1) is 0 Å². The van der Waals surface area contributed by atoms with E-state index in [4.69, 9.17) is 5.73 Å². The maximum absolute atomic E-state index is 12.9. The Balaban J connectivity index is 0.00000243. The van der Waals surface area contributed by atoms with Gasteiger partial charge in [-0.3, -0.25) is 9.59 Å². The summed E-state index contributed by atoms with van der Waals surface area (Å²) in [5.41, 5.74) is 7.10. The molecule has 2 heterocycles. The first kappa shape index (κ1) is 20.1. The van der Waals surface area contributed by atoms with Crippen molar-refractivity contribution >= 4 is 18.3 Å². The van der Waals surface area contributed by atoms with Crippen molar-refractivity contribution in [3.63, 3.8) is 0 Å². The lowest BCUT2D eigenvalue weighted by Gasteiger charge is -2.37. The molecule has 1 aliphatic heterocycles. The van der Waals surface area contributed by atoms with Gasteiger partial charge in [0.1, 0.15) is 5.69 Å². The number of nitrogens with two attached hydrogens (primary N) is 1. The Morgan fingerprint density at radius 1 is 1.23 bits per heavy atom. The van der Waals surface area contributed by atoms with E-state index in [1.54, 1.807) is 0 Å². The van der Waals surface area contributed by atoms with Crippen LogP contribution in [0.1, 0.15) is 42.2 Å². The first-order valence-electron chi connectivity index (χ1n) is 8.75. The summed E-state index contributed by atoms with van der Waals surface area (Å²) in [7, 11) is 0. The molecule has 2 unspecified atom stereocenters. The molecule has 1 saturated heterocycles. The number of nitrogens with zero attached hydrogens (tertiary/aromatic N) is 3. The van der Waals surface area contributed by atoms with Crippen molar-refractivity contribution in [1.29, 1.82) is 0 Å². The SMILES string of the molecule is CC(N)C1CCCCN1C(=O)c1ccc(=O)n(Cc2ccccc2)n1.Cl. The van der Waals surface area contributed by atoms with Crippen LogP contribution in [-0.2, 0) is 6.54 Å². The number of hydrogen-bond acceptors (Lipinski definition) is 4. The summed E-state index contributed by atoms with van der Waals surface area (Å²) in [5.74, 6) is -0.149. The lowest BCUT2D eigenvalue weighted by Crippen LogP contribution is -2.52. The average molecular weight is 377 g/mol. The normalized spacial score (nSPS) is 18.1. The second kappa shape index (κ2) is 8.96. The Labute approximate surface area is 159 Å². The first-order chi connectivity index (χ1) is 12.1. The van der Waals surface area contributed by atoms with Crippen LogP contribution in [0.15, 0.2) is 47.3 Å². The highest BCUT2D eigenvalue weighted by molar-refractivity contribution is 5.92. The Morgan fingerprint density at radius 3 is 2.65 bits per heavy atom. The molecule has 0 saturated carbocycles. The predicted octanol–water partition coefficient (Wildman–Crippen LogP) is 2.06. The van der Waals surface area contributed by atoms with Crippen molar-refractivity contribution in [2.75, 3.05) is 6.54 Å². The fraction of sp³-hybridized carbons (Fsp3) is 0.421. The molecular weight excluding hydrogens is 352 g/mol. The Morgan fingerprint density at radius 2 is 1.96 bits per heavy atom. The van der Waals surface area contributed by atoms with Crippen LogP contribution < -0.4 is 11.3 Å². The van der Waals surface area contributed by atoms with E-state index in [1.165, 1.54) is 16.8 Å². The quantitative estimate of drug-likeness (QED) is 0.885. The summed E-state index contributed by atoms with van der Waals surface area (Å²) in [6.45, 7) is 2.96. The van der Waals surface area contributed by atoms with Gasteiger partial charge in [-0.25, -0.2) is 4.68 Å². The summed E-state index contributed by atoms with van der Waals surface area (Å²) in [6.07, 6.45) is 2.96. The van der Waals surface area contributed by atoms with E-state index < -0.39 is 0 Å². The molecule has 2 atom stereocenters. The summed E-state index contributed by atoms with van der Waals surface area (Å²) in [4.78, 5) is 26.8. The molecule has 6 nitrogen and oxygen atoms in total. The number of carbonyl (C=O) groups is 1. The summed E-state index contributed by atoms with van der Waals surface area (Å²) >= 11 is 0. The van der Waals surface area contributed by atoms with E-state index >= 15 is 0 Å². The molecule has 1 fully saturated rings. The molecule has 140 valence electrons. The van der Waals surface area contributed by atoms with Crippen molar-refractivity contribution in [3.8, 4) is 0 Å². The number of piperidine rings is 1. The number of aromatic nitrogens is 2. The van der Waals surface area contributed by atoms with Crippen molar-refractivity contribution in [2.24, 2.45) is 5.73 Å². The molecule has 26 heavy (non-hydrogen) atoms. The molecule has 1 amide bonds. The fourth-order valence-corrected chi connectivity index (χ4v) is 3.34. The second-order valence-corrected chi connectivity index (χ2v) is 6.62. The molecule has 2 aromatic rings. The van der Waals surface area contributed by atoms with Crippen molar-refractivity contribution in [3.05, 3.63) is 64.1 Å². The molecule has 0 aliphatic carbocycles. The van der Waals surface area contributed by atoms with Crippen LogP contribution in [0.5, 0.6) is 0 Å². The summed E-state index contributed by atoms with van der Waals surface area (Å²) in [5, 5.41) is 4.31. The molecular formula is C19H25ClN4O2. The van der Waals surface area contributed by atoms with E-state index in [9.17, 15) is 9.59 Å². The molecule has 2 N–H and O–H groups in total. The van der Waals surface area contributed by atoms with Crippen LogP contribution in [0.25, 0.3) is 0 Å². The van der Waals surface area contributed by atoms with Gasteiger partial charge in [0.25, 0.3) is 11.5 Å². The predicted molar refractivity (Wildman–Crippen MR) is 104 cm³/mol. The van der Waals surface area contributed by atoms with Gasteiger partial charge in [-0.05, 0) is 37.8 Å². The third-order valence-electron chi connectivity index (χ3n) is 4.68. The number of amides is 1. The van der Waals surface area contributed by atoms with E-state index in [0.717, 1.165) is 24.8 Å². The average Bonchev–Trinajstić information content (AvgIpc) is 2.64. The maximum Gasteiger partial charge on any atom is 0.274 e. The smallest absolute Gasteiger partial charge is 0.274 e. The monoisotopic (exact) mass is 376 g/mol. The molecule has 0 bridgehead atoms. The number of hydrogen-bond donors (Lipinski definition) is 1. The number of halogens is 1. The van der Waals surface area contributed by atoms with Gasteiger partial charge in [-0.15, -0.1) is 12.4 Å². The maximum atomic E-state index is 12.9. The number of likely N-dealkylation sites (tertiary alicyclic amines) is 1. The van der Waals surface area contributed by atoms with Gasteiger partial charge in [0.15, 0.2) is 0 Å². The van der Waals surface area contributed by atoms with E-state index in [0.29, 0.717) is 18.8 Å². The van der Waals surface area contributed by atoms with Gasteiger partial charge in [0.2, 0.25) is 0 Å². The van der Waals surface area contributed by atoms with Crippen LogP contribution in [0.4, 0.5) is 0 Å². The van der Waals surface area contributed by atoms with Gasteiger partial charge in [0, 0.05) is 24.7 Å². The molecule has 1 aromatic heterocycles. The first-order valence-corrected chi connectivity index (χ1v) is 8.75. The van der Waals surface area contributed by atoms with Gasteiger partial charge in [0.05, 0.1) is 6.54 Å². The highest BCUT2D eigenvalue weighted by Gasteiger charge is 2.30. The molecule has 1 aliphatic rings. The van der Waals surface area contributed by atoms with Gasteiger partial charge in [-0.2, -0.15) is 5.10 Å². The third-order valence-corrected chi connectivity index (χ3v) is 4.68. The Bertz CT molecular complexity index is 792. The fourth-order valence-electron chi connectivity index (χ4n) is 3.34. The molecule has 7 heteroatoms. The van der Waals surface area contributed by atoms with Crippen LogP contribution in [0.2, 0.25) is 0 Å². The number of benzene rings is 1. The van der Waals surface area contributed by atoms with E-state index in [-0.39, 0.29) is 36.0 Å². The van der Waals surface area contributed by atoms with E-state index in [1.807, 2.05) is 42.2 Å². The highest BCUT2D eigenvalue weighted by Crippen LogP contribution is 2.20. The topological polar surface area (TPSA) is 81.2 Å². The number of carbonyl (C=O) groups excluding carboxylic acids is 1. The van der Waals surface area contributed by atoms with Crippen LogP contribution in [0.3, 0.4) is 0 Å². The minimum absolute atomic E-state index is 0. The Kier molecular flexibility index (Phi) is 6.94. The zero-order valence-electron chi connectivity index (χ0n) is 14.9. The highest BCUT2D eigenvalue weighted by atomic mass is 35.5. The van der Waals surface area contributed by atoms with Crippen molar-refractivity contribution in [1.82, 2.24) is 14.7 Å². The molecule has 1 aromatic carbocycles. The Hall–Kier alpha value is -2.18. The zero-order chi connectivity index (χ0) is 17.8. The minimum atomic E-state index is -0.220. The van der Waals surface area contributed by atoms with Crippen LogP contribution in [-0.4, -0.2) is 39.2 Å². The lowest BCUT2D eigenvalue weighted by atomic mass is 9.96. The molecule has 0 spiro atoms. The standard InChI is InChI=1S/C19H24N4O2.ClH/c1-14(20)17-9-5-6-12-22(17)19(25)16-10-11-18(24)23(21-16)13-15-7-3-2-4-8-15;/h2-4,7-8,10-11,14,17H,5-6,9,12-13,20H2,1H3;1H. The lowest BCUT2D eigenvalue weighted by molar-refractivity contribution is 0.0575. The van der Waals surface area contributed by atoms with Gasteiger partial charge >= 0.3 is 0 Å². The largest absolute Gasteiger partial charge is 0.333 e. The summed E-state index contributed by atoms with van der Waals surface area (Å²) in [6, 6.07) is 12.5. The second-order valence-electron chi connectivity index (χ2n) is 6.62.